The molecule has 0 bridgehead atoms. The predicted molar refractivity (Wildman–Crippen MR) is 72.3 cm³/mol. The van der Waals surface area contributed by atoms with Gasteiger partial charge in [0.15, 0.2) is 0 Å². The highest BCUT2D eigenvalue weighted by Gasteiger charge is 2.10. The third-order valence-electron chi connectivity index (χ3n) is 2.25. The summed E-state index contributed by atoms with van der Waals surface area (Å²) in [5, 5.41) is 1.03. The summed E-state index contributed by atoms with van der Waals surface area (Å²) in [5.41, 5.74) is 6.20. The molecule has 0 atom stereocenters. The molecule has 1 amide bonds. The standard InChI is InChI=1S/C11H16ClN3OS/c1-3-15(4-2)11(16)7-17-10-6-8(13)5-9(12)14-10/h5-6H,3-4,7H2,1-2H3,(H2,13,14). The molecule has 0 radical (unpaired) electrons. The van der Waals surface area contributed by atoms with Gasteiger partial charge in [-0.25, -0.2) is 4.98 Å². The third-order valence-corrected chi connectivity index (χ3v) is 3.34. The lowest BCUT2D eigenvalue weighted by Gasteiger charge is -2.18. The molecule has 0 spiro atoms. The largest absolute Gasteiger partial charge is 0.399 e. The minimum atomic E-state index is 0.0975. The van der Waals surface area contributed by atoms with Gasteiger partial charge in [0, 0.05) is 18.8 Å². The molecule has 0 aliphatic carbocycles. The zero-order valence-electron chi connectivity index (χ0n) is 9.94. The van der Waals surface area contributed by atoms with E-state index in [0.717, 1.165) is 13.1 Å². The fraction of sp³-hybridized carbons (Fsp3) is 0.455. The van der Waals surface area contributed by atoms with Gasteiger partial charge in [0.2, 0.25) is 5.91 Å². The van der Waals surface area contributed by atoms with Gasteiger partial charge in [0.05, 0.1) is 5.75 Å². The fourth-order valence-corrected chi connectivity index (χ4v) is 2.47. The van der Waals surface area contributed by atoms with Crippen molar-refractivity contribution in [2.45, 2.75) is 18.9 Å². The van der Waals surface area contributed by atoms with Crippen LogP contribution in [0.1, 0.15) is 13.8 Å². The maximum atomic E-state index is 11.8. The van der Waals surface area contributed by atoms with Crippen LogP contribution in [0.4, 0.5) is 5.69 Å². The molecule has 17 heavy (non-hydrogen) atoms. The van der Waals surface area contributed by atoms with Crippen molar-refractivity contribution in [3.05, 3.63) is 17.3 Å². The molecule has 0 aliphatic rings. The number of carbonyl (C=O) groups is 1. The SMILES string of the molecule is CCN(CC)C(=O)CSc1cc(N)cc(Cl)n1. The molecule has 0 aliphatic heterocycles. The van der Waals surface area contributed by atoms with Gasteiger partial charge in [-0.15, -0.1) is 0 Å². The van der Waals surface area contributed by atoms with Crippen LogP contribution in [0.2, 0.25) is 5.15 Å². The summed E-state index contributed by atoms with van der Waals surface area (Å²) >= 11 is 7.13. The van der Waals surface area contributed by atoms with Gasteiger partial charge in [-0.1, -0.05) is 23.4 Å². The van der Waals surface area contributed by atoms with Crippen LogP contribution in [-0.2, 0) is 4.79 Å². The highest BCUT2D eigenvalue weighted by molar-refractivity contribution is 7.99. The smallest absolute Gasteiger partial charge is 0.232 e. The molecule has 0 fully saturated rings. The van der Waals surface area contributed by atoms with Crippen LogP contribution in [0.25, 0.3) is 0 Å². The van der Waals surface area contributed by atoms with Gasteiger partial charge in [-0.3, -0.25) is 4.79 Å². The Bertz CT molecular complexity index is 376. The van der Waals surface area contributed by atoms with Crippen molar-refractivity contribution in [1.82, 2.24) is 9.88 Å². The molecule has 4 nitrogen and oxygen atoms in total. The van der Waals surface area contributed by atoms with Crippen LogP contribution in [0, 0.1) is 0 Å². The number of halogens is 1. The van der Waals surface area contributed by atoms with Crippen molar-refractivity contribution < 1.29 is 4.79 Å². The van der Waals surface area contributed by atoms with E-state index in [1.165, 1.54) is 11.8 Å². The Morgan fingerprint density at radius 2 is 2.12 bits per heavy atom. The maximum Gasteiger partial charge on any atom is 0.232 e. The van der Waals surface area contributed by atoms with Crippen LogP contribution in [0.3, 0.4) is 0 Å². The maximum absolute atomic E-state index is 11.8. The first-order valence-corrected chi connectivity index (χ1v) is 6.76. The van der Waals surface area contributed by atoms with E-state index in [9.17, 15) is 4.79 Å². The summed E-state index contributed by atoms with van der Waals surface area (Å²) in [6.45, 7) is 5.37. The zero-order chi connectivity index (χ0) is 12.8. The summed E-state index contributed by atoms with van der Waals surface area (Å²) in [6.07, 6.45) is 0. The van der Waals surface area contributed by atoms with Crippen LogP contribution in [0.15, 0.2) is 17.2 Å². The first kappa shape index (κ1) is 14.1. The van der Waals surface area contributed by atoms with E-state index in [0.29, 0.717) is 21.6 Å². The van der Waals surface area contributed by atoms with Crippen molar-refractivity contribution >= 4 is 35.0 Å². The van der Waals surface area contributed by atoms with E-state index in [2.05, 4.69) is 4.98 Å². The molecule has 0 saturated heterocycles. The number of thioether (sulfide) groups is 1. The Balaban J connectivity index is 2.58. The lowest BCUT2D eigenvalue weighted by atomic mass is 10.4. The van der Waals surface area contributed by atoms with Crippen LogP contribution in [0.5, 0.6) is 0 Å². The van der Waals surface area contributed by atoms with Crippen molar-refractivity contribution in [2.75, 3.05) is 24.6 Å². The van der Waals surface area contributed by atoms with Gasteiger partial charge in [-0.2, -0.15) is 0 Å². The predicted octanol–water partition coefficient (Wildman–Crippen LogP) is 2.28. The number of nitrogen functional groups attached to an aromatic ring is 1. The Hall–Kier alpha value is -0.940. The normalized spacial score (nSPS) is 10.3. The lowest BCUT2D eigenvalue weighted by Crippen LogP contribution is -2.31. The number of hydrogen-bond acceptors (Lipinski definition) is 4. The van der Waals surface area contributed by atoms with Crippen LogP contribution < -0.4 is 5.73 Å². The number of rotatable bonds is 5. The third kappa shape index (κ3) is 4.44. The first-order chi connectivity index (χ1) is 8.06. The monoisotopic (exact) mass is 273 g/mol. The Labute approximate surface area is 111 Å². The topological polar surface area (TPSA) is 59.2 Å². The zero-order valence-corrected chi connectivity index (χ0v) is 11.5. The van der Waals surface area contributed by atoms with Gasteiger partial charge in [0.25, 0.3) is 0 Å². The molecular formula is C11H16ClN3OS. The van der Waals surface area contributed by atoms with E-state index in [4.69, 9.17) is 17.3 Å². The molecule has 1 heterocycles. The second kappa shape index (κ2) is 6.71. The number of aromatic nitrogens is 1. The molecule has 94 valence electrons. The first-order valence-electron chi connectivity index (χ1n) is 5.40. The summed E-state index contributed by atoms with van der Waals surface area (Å²) in [5.74, 6) is 0.453. The molecular weight excluding hydrogens is 258 g/mol. The van der Waals surface area contributed by atoms with E-state index in [-0.39, 0.29) is 5.91 Å². The highest BCUT2D eigenvalue weighted by atomic mass is 35.5. The van der Waals surface area contributed by atoms with Gasteiger partial charge in [-0.05, 0) is 26.0 Å². The minimum absolute atomic E-state index is 0.0975. The molecule has 0 saturated carbocycles. The van der Waals surface area contributed by atoms with E-state index in [1.54, 1.807) is 17.0 Å². The molecule has 2 N–H and O–H groups in total. The number of nitrogens with zero attached hydrogens (tertiary/aromatic N) is 2. The molecule has 1 aromatic heterocycles. The highest BCUT2D eigenvalue weighted by Crippen LogP contribution is 2.21. The lowest BCUT2D eigenvalue weighted by molar-refractivity contribution is -0.127. The second-order valence-corrected chi connectivity index (χ2v) is 4.80. The van der Waals surface area contributed by atoms with Crippen LogP contribution in [-0.4, -0.2) is 34.6 Å². The summed E-state index contributed by atoms with van der Waals surface area (Å²) in [4.78, 5) is 17.6. The number of amides is 1. The van der Waals surface area contributed by atoms with Crippen molar-refractivity contribution in [3.8, 4) is 0 Å². The van der Waals surface area contributed by atoms with Crippen molar-refractivity contribution in [3.63, 3.8) is 0 Å². The van der Waals surface area contributed by atoms with Crippen molar-refractivity contribution in [1.29, 1.82) is 0 Å². The Morgan fingerprint density at radius 1 is 1.47 bits per heavy atom. The van der Waals surface area contributed by atoms with E-state index >= 15 is 0 Å². The number of carbonyl (C=O) groups excluding carboxylic acids is 1. The molecule has 0 unspecified atom stereocenters. The molecule has 1 aromatic rings. The quantitative estimate of drug-likeness (QED) is 0.660. The van der Waals surface area contributed by atoms with E-state index in [1.807, 2.05) is 13.8 Å². The van der Waals surface area contributed by atoms with Gasteiger partial charge in [0.1, 0.15) is 10.2 Å². The van der Waals surface area contributed by atoms with Crippen LogP contribution >= 0.6 is 23.4 Å². The van der Waals surface area contributed by atoms with Gasteiger partial charge >= 0.3 is 0 Å². The fourth-order valence-electron chi connectivity index (χ4n) is 1.37. The number of pyridine rings is 1. The Morgan fingerprint density at radius 3 is 2.65 bits per heavy atom. The van der Waals surface area contributed by atoms with E-state index < -0.39 is 0 Å². The minimum Gasteiger partial charge on any atom is -0.399 e. The Kier molecular flexibility index (Phi) is 5.58. The van der Waals surface area contributed by atoms with Crippen molar-refractivity contribution in [2.24, 2.45) is 0 Å². The average Bonchev–Trinajstić information content (AvgIpc) is 2.27. The second-order valence-electron chi connectivity index (χ2n) is 3.42. The van der Waals surface area contributed by atoms with Gasteiger partial charge < -0.3 is 10.6 Å². The number of hydrogen-bond donors (Lipinski definition) is 1. The summed E-state index contributed by atoms with van der Waals surface area (Å²) in [7, 11) is 0. The molecule has 6 heteroatoms. The summed E-state index contributed by atoms with van der Waals surface area (Å²) < 4.78 is 0. The average molecular weight is 274 g/mol. The number of anilines is 1. The number of nitrogens with two attached hydrogens (primary N) is 1. The summed E-state index contributed by atoms with van der Waals surface area (Å²) in [6, 6.07) is 3.30. The molecule has 1 rings (SSSR count). The molecule has 0 aromatic carbocycles.